The van der Waals surface area contributed by atoms with Crippen molar-refractivity contribution in [1.29, 1.82) is 0 Å². The van der Waals surface area contributed by atoms with Gasteiger partial charge in [0.05, 0.1) is 5.52 Å². The number of para-hydroxylation sites is 1. The maximum absolute atomic E-state index is 12.0. The third-order valence-corrected chi connectivity index (χ3v) is 3.22. The average Bonchev–Trinajstić information content (AvgIpc) is 2.38. The molecule has 2 N–H and O–H groups in total. The Bertz CT molecular complexity index is 609. The highest BCUT2D eigenvalue weighted by molar-refractivity contribution is 5.91. The van der Waals surface area contributed by atoms with Crippen LogP contribution < -0.4 is 10.6 Å². The highest BCUT2D eigenvalue weighted by atomic mass is 16.2. The molecular weight excluding hydrogens is 226 g/mol. The molecule has 2 heterocycles. The molecular formula is C14H15N3O. The fraction of sp³-hybridized carbons (Fsp3) is 0.286. The molecule has 0 bridgehead atoms. The second kappa shape index (κ2) is 4.38. The molecule has 4 nitrogen and oxygen atoms in total. The number of hydrogen-bond donors (Lipinski definition) is 2. The number of carbonyl (C=O) groups is 1. The number of pyridine rings is 1. The quantitative estimate of drug-likeness (QED) is 0.791. The summed E-state index contributed by atoms with van der Waals surface area (Å²) in [7, 11) is 0. The monoisotopic (exact) mass is 241 g/mol. The van der Waals surface area contributed by atoms with Crippen LogP contribution in [-0.2, 0) is 4.79 Å². The Balaban J connectivity index is 2.18. The summed E-state index contributed by atoms with van der Waals surface area (Å²) in [6.07, 6.45) is 0. The summed E-state index contributed by atoms with van der Waals surface area (Å²) in [4.78, 5) is 16.5. The first-order chi connectivity index (χ1) is 8.75. The molecule has 1 atom stereocenters. The number of piperazine rings is 1. The van der Waals surface area contributed by atoms with Crippen LogP contribution >= 0.6 is 0 Å². The number of fused-ring (bicyclic) bond motifs is 1. The Hall–Kier alpha value is -1.94. The van der Waals surface area contributed by atoms with Crippen LogP contribution in [0, 0.1) is 6.92 Å². The fourth-order valence-electron chi connectivity index (χ4n) is 2.43. The topological polar surface area (TPSA) is 54.0 Å². The van der Waals surface area contributed by atoms with Crippen LogP contribution in [0.4, 0.5) is 0 Å². The van der Waals surface area contributed by atoms with E-state index in [0.717, 1.165) is 28.7 Å². The van der Waals surface area contributed by atoms with E-state index in [4.69, 9.17) is 0 Å². The lowest BCUT2D eigenvalue weighted by atomic mass is 9.99. The molecule has 1 aliphatic heterocycles. The van der Waals surface area contributed by atoms with Gasteiger partial charge in [-0.2, -0.15) is 0 Å². The van der Waals surface area contributed by atoms with Crippen LogP contribution in [0.1, 0.15) is 17.3 Å². The molecule has 1 fully saturated rings. The minimum atomic E-state index is -0.273. The van der Waals surface area contributed by atoms with Crippen molar-refractivity contribution in [1.82, 2.24) is 15.6 Å². The van der Waals surface area contributed by atoms with Crippen molar-refractivity contribution >= 4 is 16.8 Å². The summed E-state index contributed by atoms with van der Waals surface area (Å²) >= 11 is 0. The van der Waals surface area contributed by atoms with E-state index in [-0.39, 0.29) is 11.9 Å². The summed E-state index contributed by atoms with van der Waals surface area (Å²) in [6, 6.07) is 9.65. The second-order valence-corrected chi connectivity index (χ2v) is 4.55. The van der Waals surface area contributed by atoms with E-state index in [1.54, 1.807) is 0 Å². The molecule has 18 heavy (non-hydrogen) atoms. The molecule has 4 heteroatoms. The van der Waals surface area contributed by atoms with Gasteiger partial charge >= 0.3 is 0 Å². The molecule has 1 aliphatic rings. The van der Waals surface area contributed by atoms with Crippen molar-refractivity contribution in [3.05, 3.63) is 41.6 Å². The Kier molecular flexibility index (Phi) is 2.72. The van der Waals surface area contributed by atoms with Gasteiger partial charge in [0.2, 0.25) is 5.91 Å². The summed E-state index contributed by atoms with van der Waals surface area (Å²) in [5.41, 5.74) is 2.88. The molecule has 2 aromatic rings. The zero-order chi connectivity index (χ0) is 12.5. The van der Waals surface area contributed by atoms with Crippen LogP contribution in [0.25, 0.3) is 10.9 Å². The summed E-state index contributed by atoms with van der Waals surface area (Å²) in [6.45, 7) is 3.44. The first-order valence-electron chi connectivity index (χ1n) is 6.13. The standard InChI is InChI=1S/C14H15N3O/c1-9-8-11(13-14(18)16-7-6-15-13)10-4-2-3-5-12(10)17-9/h2-5,8,13,15H,6-7H2,1H3,(H,16,18). The molecule has 92 valence electrons. The van der Waals surface area contributed by atoms with E-state index in [1.165, 1.54) is 0 Å². The maximum atomic E-state index is 12.0. The Morgan fingerprint density at radius 1 is 1.28 bits per heavy atom. The van der Waals surface area contributed by atoms with Crippen molar-refractivity contribution < 1.29 is 4.79 Å². The number of nitrogens with one attached hydrogen (secondary N) is 2. The maximum Gasteiger partial charge on any atom is 0.241 e. The normalized spacial score (nSPS) is 19.8. The van der Waals surface area contributed by atoms with Crippen LogP contribution in [0.3, 0.4) is 0 Å². The Morgan fingerprint density at radius 3 is 2.94 bits per heavy atom. The van der Waals surface area contributed by atoms with Crippen molar-refractivity contribution in [3.63, 3.8) is 0 Å². The molecule has 1 aromatic heterocycles. The molecule has 0 spiro atoms. The molecule has 0 saturated carbocycles. The highest BCUT2D eigenvalue weighted by Gasteiger charge is 2.25. The smallest absolute Gasteiger partial charge is 0.241 e. The van der Waals surface area contributed by atoms with Crippen LogP contribution in [0.5, 0.6) is 0 Å². The lowest BCUT2D eigenvalue weighted by molar-refractivity contribution is -0.124. The SMILES string of the molecule is Cc1cc(C2NCCNC2=O)c2ccccc2n1. The number of nitrogens with zero attached hydrogens (tertiary/aromatic N) is 1. The zero-order valence-corrected chi connectivity index (χ0v) is 10.2. The van der Waals surface area contributed by atoms with E-state index in [2.05, 4.69) is 15.6 Å². The summed E-state index contributed by atoms with van der Waals surface area (Å²) < 4.78 is 0. The molecule has 0 aliphatic carbocycles. The molecule has 1 unspecified atom stereocenters. The van der Waals surface area contributed by atoms with E-state index >= 15 is 0 Å². The predicted octanol–water partition coefficient (Wildman–Crippen LogP) is 1.30. The van der Waals surface area contributed by atoms with Gasteiger partial charge in [-0.1, -0.05) is 18.2 Å². The highest BCUT2D eigenvalue weighted by Crippen LogP contribution is 2.25. The van der Waals surface area contributed by atoms with Crippen molar-refractivity contribution in [2.45, 2.75) is 13.0 Å². The van der Waals surface area contributed by atoms with Gasteiger partial charge in [-0.3, -0.25) is 9.78 Å². The first-order valence-corrected chi connectivity index (χ1v) is 6.13. The van der Waals surface area contributed by atoms with Gasteiger partial charge in [-0.05, 0) is 24.6 Å². The fourth-order valence-corrected chi connectivity index (χ4v) is 2.43. The molecule has 3 rings (SSSR count). The zero-order valence-electron chi connectivity index (χ0n) is 10.2. The number of aryl methyl sites for hydroxylation is 1. The minimum Gasteiger partial charge on any atom is -0.353 e. The third-order valence-electron chi connectivity index (χ3n) is 3.22. The molecule has 0 radical (unpaired) electrons. The van der Waals surface area contributed by atoms with E-state index in [9.17, 15) is 4.79 Å². The molecule has 1 amide bonds. The second-order valence-electron chi connectivity index (χ2n) is 4.55. The number of hydrogen-bond acceptors (Lipinski definition) is 3. The third kappa shape index (κ3) is 1.84. The van der Waals surface area contributed by atoms with Gasteiger partial charge < -0.3 is 10.6 Å². The number of rotatable bonds is 1. The van der Waals surface area contributed by atoms with Gasteiger partial charge in [0.25, 0.3) is 0 Å². The number of carbonyl (C=O) groups excluding carboxylic acids is 1. The van der Waals surface area contributed by atoms with Gasteiger partial charge in [0.15, 0.2) is 0 Å². The molecule has 1 saturated heterocycles. The van der Waals surface area contributed by atoms with Crippen LogP contribution in [0.15, 0.2) is 30.3 Å². The number of amides is 1. The predicted molar refractivity (Wildman–Crippen MR) is 70.2 cm³/mol. The largest absolute Gasteiger partial charge is 0.353 e. The van der Waals surface area contributed by atoms with Gasteiger partial charge in [-0.25, -0.2) is 0 Å². The average molecular weight is 241 g/mol. The summed E-state index contributed by atoms with van der Waals surface area (Å²) in [5.74, 6) is 0.0389. The van der Waals surface area contributed by atoms with Crippen LogP contribution in [-0.4, -0.2) is 24.0 Å². The van der Waals surface area contributed by atoms with Crippen molar-refractivity contribution in [2.24, 2.45) is 0 Å². The minimum absolute atomic E-state index is 0.0389. The number of aromatic nitrogens is 1. The van der Waals surface area contributed by atoms with Gasteiger partial charge in [0, 0.05) is 24.2 Å². The van der Waals surface area contributed by atoms with E-state index in [0.29, 0.717) is 6.54 Å². The first kappa shape index (κ1) is 11.2. The van der Waals surface area contributed by atoms with Crippen molar-refractivity contribution in [3.8, 4) is 0 Å². The van der Waals surface area contributed by atoms with Crippen molar-refractivity contribution in [2.75, 3.05) is 13.1 Å². The Morgan fingerprint density at radius 2 is 2.11 bits per heavy atom. The molecule has 1 aromatic carbocycles. The Labute approximate surface area is 105 Å². The lowest BCUT2D eigenvalue weighted by Gasteiger charge is -2.25. The van der Waals surface area contributed by atoms with E-state index in [1.807, 2.05) is 37.3 Å². The van der Waals surface area contributed by atoms with Gasteiger partial charge in [-0.15, -0.1) is 0 Å². The van der Waals surface area contributed by atoms with Crippen LogP contribution in [0.2, 0.25) is 0 Å². The summed E-state index contributed by atoms with van der Waals surface area (Å²) in [5, 5.41) is 7.20. The van der Waals surface area contributed by atoms with E-state index < -0.39 is 0 Å². The van der Waals surface area contributed by atoms with Gasteiger partial charge in [0.1, 0.15) is 6.04 Å². The number of benzene rings is 1. The lowest BCUT2D eigenvalue weighted by Crippen LogP contribution is -2.47.